The number of benzene rings is 5. The van der Waals surface area contributed by atoms with Gasteiger partial charge in [-0.2, -0.15) is 9.71 Å². The van der Waals surface area contributed by atoms with Gasteiger partial charge in [-0.15, -0.1) is 0 Å². The predicted molar refractivity (Wildman–Crippen MR) is 305 cm³/mol. The zero-order valence-electron chi connectivity index (χ0n) is 46.9. The van der Waals surface area contributed by atoms with Crippen LogP contribution in [0.3, 0.4) is 0 Å². The average molecular weight is 1170 g/mol. The van der Waals surface area contributed by atoms with Crippen LogP contribution >= 0.6 is 7.75 Å². The number of furan rings is 1. The van der Waals surface area contributed by atoms with Crippen LogP contribution in [-0.2, 0) is 76.7 Å². The highest BCUT2D eigenvalue weighted by molar-refractivity contribution is 7.52. The molecule has 5 aromatic carbocycles. The minimum Gasteiger partial charge on any atom is -0.481 e. The van der Waals surface area contributed by atoms with E-state index >= 15 is 0 Å². The second kappa shape index (κ2) is 33.1. The summed E-state index contributed by atoms with van der Waals surface area (Å²) in [7, 11) is -3.44. The number of carbonyl (C=O) groups is 8. The maximum atomic E-state index is 14.3. The van der Waals surface area contributed by atoms with E-state index in [9.17, 15) is 42.9 Å². The number of nitrogens with one attached hydrogen (secondary N) is 4. The lowest BCUT2D eigenvalue weighted by Gasteiger charge is -2.34. The molecule has 4 amide bonds. The van der Waals surface area contributed by atoms with Crippen LogP contribution in [-0.4, -0.2) is 91.6 Å². The van der Waals surface area contributed by atoms with Gasteiger partial charge in [0.05, 0.1) is 37.7 Å². The van der Waals surface area contributed by atoms with Gasteiger partial charge in [0.25, 0.3) is 11.8 Å². The monoisotopic (exact) mass is 1170 g/mol. The minimum absolute atomic E-state index is 0.0647. The summed E-state index contributed by atoms with van der Waals surface area (Å²) in [6.07, 6.45) is 2.15. The number of ether oxygens (including phenoxy) is 5. The predicted octanol–water partition coefficient (Wildman–Crippen LogP) is 8.55. The summed E-state index contributed by atoms with van der Waals surface area (Å²) >= 11 is 0. The molecule has 5 atom stereocenters. The Kier molecular flexibility index (Phi) is 25.3. The third kappa shape index (κ3) is 20.1. The SMILES string of the molecule is CCCCC[C@@H](C(=O)NCNC(=O)c1ccc(-c2ccc(C(=O)N[C@@H](CC(=O)OCc3ccccc3)C(=O)OCc3ccccc3)c(OCC(=O)OCc3ccccc3)c2)o1)[C@@H](CC)N(C=O)OP(=O)(NC(C)C(=O)OC)Oc1ccccc1. The van der Waals surface area contributed by atoms with E-state index in [0.717, 1.165) is 25.0 Å². The average Bonchev–Trinajstić information content (AvgIpc) is 4.06. The van der Waals surface area contributed by atoms with Gasteiger partial charge in [-0.3, -0.25) is 28.8 Å². The molecular formula is C61H68N5O17P. The first-order valence-electron chi connectivity index (χ1n) is 27.1. The molecule has 0 spiro atoms. The third-order valence-corrected chi connectivity index (χ3v) is 14.3. The molecule has 444 valence electrons. The number of rotatable bonds is 34. The van der Waals surface area contributed by atoms with Crippen molar-refractivity contribution in [2.75, 3.05) is 20.4 Å². The number of para-hydroxylation sites is 1. The van der Waals surface area contributed by atoms with E-state index in [-0.39, 0.29) is 73.2 Å². The van der Waals surface area contributed by atoms with Crippen LogP contribution in [0, 0.1) is 5.92 Å². The molecule has 23 heteroatoms. The van der Waals surface area contributed by atoms with E-state index in [4.69, 9.17) is 37.2 Å². The summed E-state index contributed by atoms with van der Waals surface area (Å²) in [6, 6.07) is 37.7. The number of unbranched alkanes of at least 4 members (excludes halogenated alkanes) is 2. The van der Waals surface area contributed by atoms with Crippen molar-refractivity contribution in [3.05, 3.63) is 180 Å². The number of hydrogen-bond acceptors (Lipinski definition) is 17. The zero-order valence-corrected chi connectivity index (χ0v) is 47.8. The van der Waals surface area contributed by atoms with Gasteiger partial charge in [-0.25, -0.2) is 19.2 Å². The molecule has 0 aliphatic heterocycles. The fourth-order valence-electron chi connectivity index (χ4n) is 8.36. The highest BCUT2D eigenvalue weighted by Gasteiger charge is 2.40. The van der Waals surface area contributed by atoms with E-state index in [1.54, 1.807) is 110 Å². The summed E-state index contributed by atoms with van der Waals surface area (Å²) in [5.74, 6) is -6.67. The quantitative estimate of drug-likeness (QED) is 0.00560. The van der Waals surface area contributed by atoms with E-state index < -0.39 is 93.1 Å². The van der Waals surface area contributed by atoms with Gasteiger partial charge in [-0.1, -0.05) is 148 Å². The number of hydroxylamine groups is 2. The van der Waals surface area contributed by atoms with Crippen LogP contribution < -0.4 is 30.3 Å². The normalized spacial score (nSPS) is 13.0. The van der Waals surface area contributed by atoms with Crippen LogP contribution in [0.1, 0.15) is 96.9 Å². The lowest BCUT2D eigenvalue weighted by molar-refractivity contribution is -0.161. The van der Waals surface area contributed by atoms with Gasteiger partial charge in [0.15, 0.2) is 12.4 Å². The Hall–Kier alpha value is -9.11. The Morgan fingerprint density at radius 3 is 1.86 bits per heavy atom. The number of nitrogens with zero attached hydrogens (tertiary/aromatic N) is 1. The molecular weight excluding hydrogens is 1110 g/mol. The van der Waals surface area contributed by atoms with Crippen LogP contribution in [0.4, 0.5) is 0 Å². The molecule has 0 aliphatic rings. The Morgan fingerprint density at radius 2 is 1.27 bits per heavy atom. The number of methoxy groups -OCH3 is 1. The molecule has 0 fully saturated rings. The van der Waals surface area contributed by atoms with E-state index in [1.807, 2.05) is 13.0 Å². The second-order valence-corrected chi connectivity index (χ2v) is 20.5. The molecule has 22 nitrogen and oxygen atoms in total. The fourth-order valence-corrected chi connectivity index (χ4v) is 9.88. The van der Waals surface area contributed by atoms with Crippen molar-refractivity contribution in [1.29, 1.82) is 0 Å². The molecule has 0 radical (unpaired) electrons. The summed E-state index contributed by atoms with van der Waals surface area (Å²) in [6.45, 7) is 3.65. The van der Waals surface area contributed by atoms with Gasteiger partial charge < -0.3 is 48.6 Å². The summed E-state index contributed by atoms with van der Waals surface area (Å²) in [5, 5.41) is 11.1. The van der Waals surface area contributed by atoms with Crippen LogP contribution in [0.15, 0.2) is 156 Å². The molecule has 0 saturated heterocycles. The van der Waals surface area contributed by atoms with Gasteiger partial charge in [0.2, 0.25) is 12.3 Å². The van der Waals surface area contributed by atoms with Crippen molar-refractivity contribution in [3.63, 3.8) is 0 Å². The molecule has 0 saturated carbocycles. The fraction of sp³-hybridized carbons (Fsp3) is 0.311. The van der Waals surface area contributed by atoms with E-state index in [1.165, 1.54) is 49.4 Å². The molecule has 1 heterocycles. The molecule has 84 heavy (non-hydrogen) atoms. The molecule has 6 rings (SSSR count). The van der Waals surface area contributed by atoms with E-state index in [0.29, 0.717) is 23.1 Å². The zero-order chi connectivity index (χ0) is 60.3. The van der Waals surface area contributed by atoms with Crippen LogP contribution in [0.5, 0.6) is 11.5 Å². The smallest absolute Gasteiger partial charge is 0.481 e. The molecule has 1 aromatic heterocycles. The van der Waals surface area contributed by atoms with Crippen molar-refractivity contribution < 1.29 is 80.2 Å². The van der Waals surface area contributed by atoms with Gasteiger partial charge in [0.1, 0.15) is 49.2 Å². The Bertz CT molecular complexity index is 3170. The van der Waals surface area contributed by atoms with Crippen molar-refractivity contribution in [3.8, 4) is 22.8 Å². The molecule has 4 N–H and O–H groups in total. The molecule has 0 bridgehead atoms. The standard InChI is InChI=1S/C61H68N5O17P/c1-5-7-12-29-48(51(6-2)66(41-67)83-84(75,65-42(3)60(73)76-4)82-47-27-19-11-20-28-47)57(70)62-40-63-59(72)53-33-32-52(81-53)46-30-31-49(54(34-46)77-39-56(69)79-37-44-23-15-9-16-24-44)58(71)64-50(61(74)80-38-45-25-17-10-18-26-45)35-55(68)78-36-43-21-13-8-14-22-43/h8-11,13-28,30-34,41-42,48,50-51H,5-7,12,29,35-40H2,1-4H3,(H,62,70)(H,63,72)(H,64,71)(H,65,75)/t42?,48-,50+,51-,84?/m1/s1. The molecule has 6 aromatic rings. The lowest BCUT2D eigenvalue weighted by atomic mass is 9.90. The van der Waals surface area contributed by atoms with Gasteiger partial charge in [-0.05, 0) is 72.9 Å². The minimum atomic E-state index is -4.59. The van der Waals surface area contributed by atoms with Crippen LogP contribution in [0.2, 0.25) is 0 Å². The lowest BCUT2D eigenvalue weighted by Crippen LogP contribution is -2.49. The van der Waals surface area contributed by atoms with Crippen molar-refractivity contribution in [1.82, 2.24) is 26.1 Å². The highest BCUT2D eigenvalue weighted by atomic mass is 31.2. The summed E-state index contributed by atoms with van der Waals surface area (Å²) in [5.41, 5.74) is 2.16. The van der Waals surface area contributed by atoms with Crippen LogP contribution in [0.25, 0.3) is 11.3 Å². The maximum absolute atomic E-state index is 14.3. The number of amides is 4. The number of esters is 4. The van der Waals surface area contributed by atoms with Crippen molar-refractivity contribution >= 4 is 55.8 Å². The van der Waals surface area contributed by atoms with Crippen molar-refractivity contribution in [2.45, 2.75) is 97.2 Å². The van der Waals surface area contributed by atoms with E-state index in [2.05, 4.69) is 21.0 Å². The topological polar surface area (TPSA) is 283 Å². The molecule has 2 unspecified atom stereocenters. The largest absolute Gasteiger partial charge is 0.481 e. The first-order chi connectivity index (χ1) is 40.6. The Labute approximate surface area is 486 Å². The van der Waals surface area contributed by atoms with Gasteiger partial charge >= 0.3 is 31.6 Å². The highest BCUT2D eigenvalue weighted by Crippen LogP contribution is 2.47. The number of hydrogen-bond donors (Lipinski definition) is 4. The van der Waals surface area contributed by atoms with Crippen molar-refractivity contribution in [2.24, 2.45) is 5.92 Å². The Morgan fingerprint density at radius 1 is 0.679 bits per heavy atom. The summed E-state index contributed by atoms with van der Waals surface area (Å²) in [4.78, 5) is 107. The first-order valence-corrected chi connectivity index (χ1v) is 28.6. The molecule has 0 aliphatic carbocycles. The third-order valence-electron chi connectivity index (χ3n) is 12.7. The van der Waals surface area contributed by atoms with Gasteiger partial charge in [0, 0.05) is 5.56 Å². The maximum Gasteiger partial charge on any atom is 0.481 e. The Balaban J connectivity index is 1.17. The number of carbonyl (C=O) groups excluding carboxylic acids is 8. The first kappa shape index (κ1) is 64.1. The summed E-state index contributed by atoms with van der Waals surface area (Å²) < 4.78 is 58.8. The second-order valence-electron chi connectivity index (χ2n) is 18.9.